The SMILES string of the molecule is Cc1nn(CCCNS(=O)(=O)c2ccc(CC(C)C)cc2)c(C)c1Br. The van der Waals surface area contributed by atoms with E-state index in [2.05, 4.69) is 39.6 Å². The molecule has 0 atom stereocenters. The third-order valence-corrected chi connectivity index (χ3v) is 6.63. The van der Waals surface area contributed by atoms with Gasteiger partial charge in [0.1, 0.15) is 0 Å². The maximum atomic E-state index is 12.4. The molecule has 138 valence electrons. The molecule has 7 heteroatoms. The van der Waals surface area contributed by atoms with Crippen molar-refractivity contribution in [1.29, 1.82) is 0 Å². The van der Waals surface area contributed by atoms with Crippen LogP contribution in [-0.2, 0) is 23.0 Å². The lowest BCUT2D eigenvalue weighted by atomic mass is 10.0. The summed E-state index contributed by atoms with van der Waals surface area (Å²) in [5.74, 6) is 0.551. The third kappa shape index (κ3) is 5.39. The molecule has 1 N–H and O–H groups in total. The minimum atomic E-state index is -3.46. The number of halogens is 1. The summed E-state index contributed by atoms with van der Waals surface area (Å²) < 4.78 is 30.3. The number of sulfonamides is 1. The van der Waals surface area contributed by atoms with Gasteiger partial charge in [-0.3, -0.25) is 4.68 Å². The normalized spacial score (nSPS) is 12.1. The third-order valence-electron chi connectivity index (χ3n) is 4.01. The fourth-order valence-electron chi connectivity index (χ4n) is 2.69. The first kappa shape index (κ1) is 20.1. The highest BCUT2D eigenvalue weighted by atomic mass is 79.9. The van der Waals surface area contributed by atoms with Crippen molar-refractivity contribution in [1.82, 2.24) is 14.5 Å². The second-order valence-electron chi connectivity index (χ2n) is 6.70. The van der Waals surface area contributed by atoms with Gasteiger partial charge in [-0.15, -0.1) is 0 Å². The van der Waals surface area contributed by atoms with Gasteiger partial charge in [0.2, 0.25) is 10.0 Å². The summed E-state index contributed by atoms with van der Waals surface area (Å²) in [7, 11) is -3.46. The van der Waals surface area contributed by atoms with E-state index in [0.29, 0.717) is 30.3 Å². The van der Waals surface area contributed by atoms with Crippen molar-refractivity contribution in [3.05, 3.63) is 45.7 Å². The first-order valence-electron chi connectivity index (χ1n) is 8.49. The summed E-state index contributed by atoms with van der Waals surface area (Å²) in [6.45, 7) is 9.29. The summed E-state index contributed by atoms with van der Waals surface area (Å²) in [5.41, 5.74) is 3.16. The quantitative estimate of drug-likeness (QED) is 0.650. The molecule has 1 aromatic heterocycles. The molecule has 0 saturated heterocycles. The topological polar surface area (TPSA) is 64.0 Å². The van der Waals surface area contributed by atoms with Gasteiger partial charge in [-0.25, -0.2) is 13.1 Å². The lowest BCUT2D eigenvalue weighted by molar-refractivity contribution is 0.544. The fourth-order valence-corrected chi connectivity index (χ4v) is 4.05. The second kappa shape index (κ2) is 8.47. The number of rotatable bonds is 8. The Hall–Kier alpha value is -1.18. The number of aryl methyl sites for hydroxylation is 2. The highest BCUT2D eigenvalue weighted by molar-refractivity contribution is 9.10. The van der Waals surface area contributed by atoms with Crippen LogP contribution in [0, 0.1) is 19.8 Å². The minimum absolute atomic E-state index is 0.314. The highest BCUT2D eigenvalue weighted by Crippen LogP contribution is 2.19. The van der Waals surface area contributed by atoms with Crippen LogP contribution in [0.3, 0.4) is 0 Å². The molecule has 0 aliphatic carbocycles. The van der Waals surface area contributed by atoms with E-state index in [1.54, 1.807) is 12.1 Å². The van der Waals surface area contributed by atoms with Gasteiger partial charge in [-0.2, -0.15) is 5.10 Å². The monoisotopic (exact) mass is 427 g/mol. The Morgan fingerprint density at radius 2 is 1.84 bits per heavy atom. The Bertz CT molecular complexity index is 812. The van der Waals surface area contributed by atoms with Crippen molar-refractivity contribution in [3.8, 4) is 0 Å². The Labute approximate surface area is 159 Å². The molecule has 0 radical (unpaired) electrons. The molecule has 2 rings (SSSR count). The van der Waals surface area contributed by atoms with E-state index in [-0.39, 0.29) is 0 Å². The van der Waals surface area contributed by atoms with Gasteiger partial charge >= 0.3 is 0 Å². The molecular formula is C18H26BrN3O2S. The molecule has 0 aliphatic heterocycles. The molecule has 0 unspecified atom stereocenters. The number of hydrogen-bond acceptors (Lipinski definition) is 3. The highest BCUT2D eigenvalue weighted by Gasteiger charge is 2.14. The molecule has 0 amide bonds. The summed E-state index contributed by atoms with van der Waals surface area (Å²) >= 11 is 3.50. The van der Waals surface area contributed by atoms with Crippen LogP contribution in [0.4, 0.5) is 0 Å². The predicted molar refractivity (Wildman–Crippen MR) is 104 cm³/mol. The molecule has 1 aromatic carbocycles. The number of nitrogens with zero attached hydrogens (tertiary/aromatic N) is 2. The van der Waals surface area contributed by atoms with Crippen LogP contribution in [0.5, 0.6) is 0 Å². The summed E-state index contributed by atoms with van der Waals surface area (Å²) in [6, 6.07) is 7.14. The number of hydrogen-bond donors (Lipinski definition) is 1. The predicted octanol–water partition coefficient (Wildman–Crippen LogP) is 3.83. The van der Waals surface area contributed by atoms with Crippen molar-refractivity contribution < 1.29 is 8.42 Å². The summed E-state index contributed by atoms with van der Waals surface area (Å²) in [6.07, 6.45) is 1.63. The Balaban J connectivity index is 1.89. The molecule has 0 spiro atoms. The first-order valence-corrected chi connectivity index (χ1v) is 10.8. The Kier molecular flexibility index (Phi) is 6.82. The average molecular weight is 428 g/mol. The van der Waals surface area contributed by atoms with Gasteiger partial charge in [0, 0.05) is 18.8 Å². The Morgan fingerprint density at radius 1 is 1.20 bits per heavy atom. The van der Waals surface area contributed by atoms with Crippen LogP contribution in [0.1, 0.15) is 37.2 Å². The maximum absolute atomic E-state index is 12.4. The van der Waals surface area contributed by atoms with Crippen molar-refractivity contribution >= 4 is 26.0 Å². The molecule has 0 bridgehead atoms. The maximum Gasteiger partial charge on any atom is 0.240 e. The Morgan fingerprint density at radius 3 is 2.36 bits per heavy atom. The van der Waals surface area contributed by atoms with Gasteiger partial charge < -0.3 is 0 Å². The molecule has 25 heavy (non-hydrogen) atoms. The summed E-state index contributed by atoms with van der Waals surface area (Å²) in [5, 5.41) is 4.43. The van der Waals surface area contributed by atoms with E-state index in [0.717, 1.165) is 27.8 Å². The smallest absolute Gasteiger partial charge is 0.240 e. The summed E-state index contributed by atoms with van der Waals surface area (Å²) in [4.78, 5) is 0.314. The van der Waals surface area contributed by atoms with Gasteiger partial charge in [0.25, 0.3) is 0 Å². The van der Waals surface area contributed by atoms with Crippen LogP contribution in [0.2, 0.25) is 0 Å². The van der Waals surface area contributed by atoms with Crippen LogP contribution in [-0.4, -0.2) is 24.7 Å². The zero-order chi connectivity index (χ0) is 18.6. The number of aromatic nitrogens is 2. The molecule has 2 aromatic rings. The van der Waals surface area contributed by atoms with Crippen LogP contribution in [0.15, 0.2) is 33.6 Å². The van der Waals surface area contributed by atoms with E-state index in [1.807, 2.05) is 30.7 Å². The molecular weight excluding hydrogens is 402 g/mol. The van der Waals surface area contributed by atoms with E-state index < -0.39 is 10.0 Å². The molecule has 0 saturated carbocycles. The minimum Gasteiger partial charge on any atom is -0.268 e. The van der Waals surface area contributed by atoms with Crippen LogP contribution >= 0.6 is 15.9 Å². The van der Waals surface area contributed by atoms with Crippen molar-refractivity contribution in [2.45, 2.75) is 52.0 Å². The van der Waals surface area contributed by atoms with E-state index in [4.69, 9.17) is 0 Å². The van der Waals surface area contributed by atoms with Crippen LogP contribution in [0.25, 0.3) is 0 Å². The van der Waals surface area contributed by atoms with Crippen molar-refractivity contribution in [2.75, 3.05) is 6.54 Å². The molecule has 0 aliphatic rings. The molecule has 1 heterocycles. The van der Waals surface area contributed by atoms with E-state index in [1.165, 1.54) is 0 Å². The molecule has 0 fully saturated rings. The average Bonchev–Trinajstić information content (AvgIpc) is 2.79. The van der Waals surface area contributed by atoms with Gasteiger partial charge in [0.05, 0.1) is 15.1 Å². The largest absolute Gasteiger partial charge is 0.268 e. The number of benzene rings is 1. The van der Waals surface area contributed by atoms with Crippen LogP contribution < -0.4 is 4.72 Å². The zero-order valence-corrected chi connectivity index (χ0v) is 17.6. The van der Waals surface area contributed by atoms with Gasteiger partial charge in [-0.05, 0) is 66.2 Å². The second-order valence-corrected chi connectivity index (χ2v) is 9.26. The lowest BCUT2D eigenvalue weighted by Gasteiger charge is -2.09. The lowest BCUT2D eigenvalue weighted by Crippen LogP contribution is -2.25. The number of nitrogens with one attached hydrogen (secondary N) is 1. The molecule has 5 nitrogen and oxygen atoms in total. The standard InChI is InChI=1S/C18H26BrN3O2S/c1-13(2)12-16-6-8-17(9-7-16)25(23,24)20-10-5-11-22-15(4)18(19)14(3)21-22/h6-9,13,20H,5,10-12H2,1-4H3. The van der Waals surface area contributed by atoms with Crippen molar-refractivity contribution in [3.63, 3.8) is 0 Å². The van der Waals surface area contributed by atoms with Gasteiger partial charge in [0.15, 0.2) is 0 Å². The van der Waals surface area contributed by atoms with E-state index in [9.17, 15) is 8.42 Å². The van der Waals surface area contributed by atoms with Gasteiger partial charge in [-0.1, -0.05) is 26.0 Å². The zero-order valence-electron chi connectivity index (χ0n) is 15.2. The first-order chi connectivity index (χ1) is 11.7. The van der Waals surface area contributed by atoms with Crippen molar-refractivity contribution in [2.24, 2.45) is 5.92 Å². The fraction of sp³-hybridized carbons (Fsp3) is 0.500. The van der Waals surface area contributed by atoms with E-state index >= 15 is 0 Å².